The Labute approximate surface area is 165 Å². The van der Waals surface area contributed by atoms with Crippen LogP contribution in [0.5, 0.6) is 0 Å². The second-order valence-corrected chi connectivity index (χ2v) is 7.54. The second kappa shape index (κ2) is 8.83. The molecule has 0 spiro atoms. The Balaban J connectivity index is 1.66. The van der Waals surface area contributed by atoms with Crippen molar-refractivity contribution < 1.29 is 14.3 Å². The van der Waals surface area contributed by atoms with E-state index in [1.165, 1.54) is 7.11 Å². The minimum Gasteiger partial charge on any atom is -0.465 e. The number of nitrogens with zero attached hydrogens (tertiary/aromatic N) is 1. The van der Waals surface area contributed by atoms with E-state index in [1.807, 2.05) is 29.9 Å². The lowest BCUT2D eigenvalue weighted by molar-refractivity contribution is 0.0600. The number of esters is 1. The average Bonchev–Trinajstić information content (AvgIpc) is 3.21. The number of aromatic nitrogens is 1. The summed E-state index contributed by atoms with van der Waals surface area (Å²) >= 11 is 3.25. The van der Waals surface area contributed by atoms with Crippen molar-refractivity contribution in [3.8, 4) is 0 Å². The number of hydrogen-bond acceptors (Lipinski definition) is 6. The van der Waals surface area contributed by atoms with Crippen LogP contribution in [0.3, 0.4) is 0 Å². The van der Waals surface area contributed by atoms with Crippen molar-refractivity contribution in [2.75, 3.05) is 12.4 Å². The summed E-state index contributed by atoms with van der Waals surface area (Å²) in [7, 11) is 1.33. The van der Waals surface area contributed by atoms with Crippen molar-refractivity contribution in [2.45, 2.75) is 17.6 Å². The highest BCUT2D eigenvalue weighted by Crippen LogP contribution is 2.24. The van der Waals surface area contributed by atoms with Crippen LogP contribution in [0.2, 0.25) is 0 Å². The van der Waals surface area contributed by atoms with E-state index in [9.17, 15) is 9.59 Å². The number of hydrogen-bond donors (Lipinski definition) is 1. The minimum absolute atomic E-state index is 0.226. The number of rotatable bonds is 6. The Hall–Kier alpha value is -2.64. The Morgan fingerprint density at radius 1 is 1.15 bits per heavy atom. The largest absolute Gasteiger partial charge is 0.465 e. The first-order valence-electron chi connectivity index (χ1n) is 8.17. The number of aryl methyl sites for hydroxylation is 1. The molecule has 5 nitrogen and oxygen atoms in total. The van der Waals surface area contributed by atoms with E-state index in [0.717, 1.165) is 21.9 Å². The molecule has 2 aromatic carbocycles. The van der Waals surface area contributed by atoms with Crippen molar-refractivity contribution in [1.29, 1.82) is 0 Å². The van der Waals surface area contributed by atoms with Crippen LogP contribution in [0.1, 0.15) is 32.0 Å². The molecule has 0 fully saturated rings. The third-order valence-corrected chi connectivity index (χ3v) is 5.57. The van der Waals surface area contributed by atoms with Gasteiger partial charge in [-0.25, -0.2) is 9.78 Å². The summed E-state index contributed by atoms with van der Waals surface area (Å²) < 4.78 is 4.73. The molecule has 0 aliphatic carbocycles. The van der Waals surface area contributed by atoms with Crippen molar-refractivity contribution in [2.24, 2.45) is 0 Å². The first-order chi connectivity index (χ1) is 13.1. The number of thioether (sulfide) groups is 1. The summed E-state index contributed by atoms with van der Waals surface area (Å²) in [5.74, 6) is 0.136. The number of thiazole rings is 1. The van der Waals surface area contributed by atoms with Crippen molar-refractivity contribution in [1.82, 2.24) is 4.98 Å². The third kappa shape index (κ3) is 4.96. The highest BCUT2D eigenvalue weighted by atomic mass is 32.2. The maximum atomic E-state index is 12.5. The number of carbonyl (C=O) groups excluding carboxylic acids is 2. The average molecular weight is 399 g/mol. The first kappa shape index (κ1) is 19.1. The summed E-state index contributed by atoms with van der Waals surface area (Å²) in [5.41, 5.74) is 5.27. The molecule has 0 bridgehead atoms. The zero-order valence-electron chi connectivity index (χ0n) is 14.9. The summed E-state index contributed by atoms with van der Waals surface area (Å²) in [6, 6.07) is 12.5. The van der Waals surface area contributed by atoms with Gasteiger partial charge in [0, 0.05) is 27.3 Å². The van der Waals surface area contributed by atoms with Crippen LogP contribution in [-0.4, -0.2) is 24.0 Å². The van der Waals surface area contributed by atoms with Gasteiger partial charge in [-0.2, -0.15) is 0 Å². The summed E-state index contributed by atoms with van der Waals surface area (Å²) in [5, 5.41) is 4.88. The van der Waals surface area contributed by atoms with Gasteiger partial charge in [0.05, 0.1) is 23.9 Å². The molecule has 0 saturated carbocycles. The lowest BCUT2D eigenvalue weighted by atomic mass is 10.1. The zero-order valence-corrected chi connectivity index (χ0v) is 16.5. The number of nitrogens with one attached hydrogen (secondary N) is 1. The van der Waals surface area contributed by atoms with E-state index < -0.39 is 5.97 Å². The summed E-state index contributed by atoms with van der Waals surface area (Å²) in [4.78, 5) is 29.5. The molecule has 0 saturated heterocycles. The molecular weight excluding hydrogens is 380 g/mol. The number of amides is 1. The molecule has 1 aromatic heterocycles. The van der Waals surface area contributed by atoms with Gasteiger partial charge in [0.1, 0.15) is 0 Å². The van der Waals surface area contributed by atoms with Gasteiger partial charge in [0.2, 0.25) is 0 Å². The molecule has 0 aliphatic heterocycles. The molecule has 3 aromatic rings. The molecule has 1 heterocycles. The molecule has 7 heteroatoms. The van der Waals surface area contributed by atoms with E-state index in [0.29, 0.717) is 16.8 Å². The Morgan fingerprint density at radius 3 is 2.56 bits per heavy atom. The number of benzene rings is 2. The van der Waals surface area contributed by atoms with Crippen LogP contribution in [0.25, 0.3) is 0 Å². The van der Waals surface area contributed by atoms with Gasteiger partial charge in [-0.15, -0.1) is 23.1 Å². The molecular formula is C20H18N2O3S2. The van der Waals surface area contributed by atoms with Crippen molar-refractivity contribution in [3.63, 3.8) is 0 Å². The fraction of sp³-hybridized carbons (Fsp3) is 0.150. The lowest BCUT2D eigenvalue weighted by Crippen LogP contribution is -2.13. The number of anilines is 1. The van der Waals surface area contributed by atoms with Crippen molar-refractivity contribution >= 4 is 40.7 Å². The Morgan fingerprint density at radius 2 is 1.89 bits per heavy atom. The number of methoxy groups -OCH3 is 1. The van der Waals surface area contributed by atoms with Crippen LogP contribution < -0.4 is 5.32 Å². The minimum atomic E-state index is -0.438. The van der Waals surface area contributed by atoms with Gasteiger partial charge in [-0.05, 0) is 48.9 Å². The van der Waals surface area contributed by atoms with Crippen LogP contribution in [0, 0.1) is 6.92 Å². The van der Waals surface area contributed by atoms with E-state index in [-0.39, 0.29) is 5.91 Å². The standard InChI is InChI=1S/C20H18N2O3S2/c1-13-3-4-15(20(24)25-2)9-18(13)22-19(23)14-5-7-17(8-6-14)27-11-16-10-26-12-21-16/h3-10,12H,11H2,1-2H3,(H,22,23). The van der Waals surface area contributed by atoms with Crippen LogP contribution in [0.4, 0.5) is 5.69 Å². The van der Waals surface area contributed by atoms with Crippen LogP contribution >= 0.6 is 23.1 Å². The fourth-order valence-electron chi connectivity index (χ4n) is 2.36. The highest BCUT2D eigenvalue weighted by Gasteiger charge is 2.12. The Kier molecular flexibility index (Phi) is 6.26. The molecule has 0 atom stereocenters. The van der Waals surface area contributed by atoms with Gasteiger partial charge in [0.25, 0.3) is 5.91 Å². The number of ether oxygens (including phenoxy) is 1. The van der Waals surface area contributed by atoms with Crippen LogP contribution in [-0.2, 0) is 10.5 Å². The van der Waals surface area contributed by atoms with Gasteiger partial charge >= 0.3 is 5.97 Å². The van der Waals surface area contributed by atoms with E-state index >= 15 is 0 Å². The lowest BCUT2D eigenvalue weighted by Gasteiger charge is -2.10. The Bertz CT molecular complexity index is 938. The predicted molar refractivity (Wildman–Crippen MR) is 109 cm³/mol. The predicted octanol–water partition coefficient (Wildman–Crippen LogP) is 4.78. The maximum absolute atomic E-state index is 12.5. The first-order valence-corrected chi connectivity index (χ1v) is 10.1. The smallest absolute Gasteiger partial charge is 0.337 e. The zero-order chi connectivity index (χ0) is 19.2. The van der Waals surface area contributed by atoms with E-state index in [1.54, 1.807) is 53.4 Å². The summed E-state index contributed by atoms with van der Waals surface area (Å²) in [6.45, 7) is 1.87. The molecule has 27 heavy (non-hydrogen) atoms. The van der Waals surface area contributed by atoms with Gasteiger partial charge in [-0.3, -0.25) is 4.79 Å². The highest BCUT2D eigenvalue weighted by molar-refractivity contribution is 7.98. The molecule has 0 radical (unpaired) electrons. The normalized spacial score (nSPS) is 10.4. The SMILES string of the molecule is COC(=O)c1ccc(C)c(NC(=O)c2ccc(SCc3cscn3)cc2)c1. The van der Waals surface area contributed by atoms with Crippen molar-refractivity contribution in [3.05, 3.63) is 75.7 Å². The molecule has 1 amide bonds. The molecule has 0 unspecified atom stereocenters. The quantitative estimate of drug-likeness (QED) is 0.478. The fourth-order valence-corrected chi connectivity index (χ4v) is 3.83. The monoisotopic (exact) mass is 398 g/mol. The van der Waals surface area contributed by atoms with Gasteiger partial charge in [-0.1, -0.05) is 6.07 Å². The maximum Gasteiger partial charge on any atom is 0.337 e. The van der Waals surface area contributed by atoms with E-state index in [2.05, 4.69) is 10.3 Å². The topological polar surface area (TPSA) is 68.3 Å². The van der Waals surface area contributed by atoms with E-state index in [4.69, 9.17) is 4.74 Å². The van der Waals surface area contributed by atoms with Gasteiger partial charge in [0.15, 0.2) is 0 Å². The summed E-state index contributed by atoms with van der Waals surface area (Å²) in [6.07, 6.45) is 0. The molecule has 3 rings (SSSR count). The molecule has 138 valence electrons. The number of carbonyl (C=O) groups is 2. The van der Waals surface area contributed by atoms with Gasteiger partial charge < -0.3 is 10.1 Å². The molecule has 1 N–H and O–H groups in total. The van der Waals surface area contributed by atoms with Crippen LogP contribution in [0.15, 0.2) is 58.3 Å². The third-order valence-electron chi connectivity index (χ3n) is 3.89. The second-order valence-electron chi connectivity index (χ2n) is 5.77. The molecule has 0 aliphatic rings.